The number of nitrogens with one attached hydrogen (secondary N) is 1. The number of thioether (sulfide) groups is 2. The van der Waals surface area contributed by atoms with Crippen LogP contribution in [0.3, 0.4) is 0 Å². The molecule has 0 saturated heterocycles. The summed E-state index contributed by atoms with van der Waals surface area (Å²) in [5, 5.41) is 2.12. The van der Waals surface area contributed by atoms with Gasteiger partial charge in [-0.3, -0.25) is 9.59 Å². The summed E-state index contributed by atoms with van der Waals surface area (Å²) in [6, 6.07) is -0.0445. The number of thiol groups is 1. The van der Waals surface area contributed by atoms with Crippen LogP contribution in [-0.4, -0.2) is 66.9 Å². The monoisotopic (exact) mass is 441 g/mol. The maximum atomic E-state index is 11.7. The summed E-state index contributed by atoms with van der Waals surface area (Å²) in [6.07, 6.45) is 8.00. The van der Waals surface area contributed by atoms with Gasteiger partial charge in [-0.2, -0.15) is 24.4 Å². The number of hydrogen-bond acceptors (Lipinski definition) is 8. The Hall–Kier alpha value is -0.350. The van der Waals surface area contributed by atoms with Gasteiger partial charge in [-0.05, 0) is 24.2 Å². The second-order valence-electron chi connectivity index (χ2n) is 5.24. The Morgan fingerprint density at radius 3 is 2.26 bits per heavy atom. The van der Waals surface area contributed by atoms with E-state index >= 15 is 0 Å². The van der Waals surface area contributed by atoms with Crippen LogP contribution in [0.1, 0.15) is 33.6 Å². The van der Waals surface area contributed by atoms with Crippen LogP contribution in [0.2, 0.25) is 0 Å². The van der Waals surface area contributed by atoms with Crippen LogP contribution in [0.25, 0.3) is 0 Å². The van der Waals surface area contributed by atoms with Gasteiger partial charge in [0, 0.05) is 18.3 Å². The molecule has 0 aliphatic carbocycles. The first-order valence-corrected chi connectivity index (χ1v) is 12.1. The number of methoxy groups -OCH3 is 1. The molecule has 2 unspecified atom stereocenters. The molecule has 2 atom stereocenters. The molecular formula is C18H39N3O3S3. The Morgan fingerprint density at radius 1 is 1.30 bits per heavy atom. The fourth-order valence-corrected chi connectivity index (χ4v) is 2.26. The fourth-order valence-electron chi connectivity index (χ4n) is 1.21. The summed E-state index contributed by atoms with van der Waals surface area (Å²) in [6.45, 7) is 6.48. The van der Waals surface area contributed by atoms with Gasteiger partial charge in [0.1, 0.15) is 6.54 Å². The molecule has 5 N–H and O–H groups in total. The largest absolute Gasteiger partial charge is 0.468 e. The van der Waals surface area contributed by atoms with Crippen LogP contribution in [0, 0.1) is 0 Å². The van der Waals surface area contributed by atoms with E-state index in [1.165, 1.54) is 31.0 Å². The van der Waals surface area contributed by atoms with Gasteiger partial charge in [0.2, 0.25) is 5.91 Å². The molecule has 0 aromatic heterocycles. The van der Waals surface area contributed by atoms with E-state index in [-0.39, 0.29) is 30.3 Å². The molecule has 9 heteroatoms. The Morgan fingerprint density at radius 2 is 1.85 bits per heavy atom. The van der Waals surface area contributed by atoms with Crippen LogP contribution in [-0.2, 0) is 14.3 Å². The molecule has 0 aromatic rings. The maximum absolute atomic E-state index is 11.7. The van der Waals surface area contributed by atoms with Crippen molar-refractivity contribution in [1.82, 2.24) is 5.32 Å². The zero-order valence-electron chi connectivity index (χ0n) is 17.4. The molecule has 6 nitrogen and oxygen atoms in total. The van der Waals surface area contributed by atoms with E-state index in [0.717, 1.165) is 12.2 Å². The highest BCUT2D eigenvalue weighted by Gasteiger charge is 2.17. The first-order chi connectivity index (χ1) is 12.9. The predicted molar refractivity (Wildman–Crippen MR) is 126 cm³/mol. The summed E-state index contributed by atoms with van der Waals surface area (Å²) in [5.74, 6) is 1.86. The highest BCUT2D eigenvalue weighted by Crippen LogP contribution is 2.11. The first kappa shape index (κ1) is 31.3. The van der Waals surface area contributed by atoms with Gasteiger partial charge in [-0.1, -0.05) is 39.3 Å². The van der Waals surface area contributed by atoms with Crippen LogP contribution >= 0.6 is 36.2 Å². The molecular weight excluding hydrogens is 402 g/mol. The third-order valence-corrected chi connectivity index (χ3v) is 4.91. The highest BCUT2D eigenvalue weighted by molar-refractivity contribution is 8.00. The quantitative estimate of drug-likeness (QED) is 0.169. The lowest BCUT2D eigenvalue weighted by Crippen LogP contribution is -2.40. The number of amides is 1. The van der Waals surface area contributed by atoms with Crippen molar-refractivity contribution in [3.63, 3.8) is 0 Å². The van der Waals surface area contributed by atoms with E-state index in [2.05, 4.69) is 49.7 Å². The average Bonchev–Trinajstić information content (AvgIpc) is 2.68. The van der Waals surface area contributed by atoms with E-state index in [4.69, 9.17) is 11.5 Å². The molecule has 0 aliphatic heterocycles. The van der Waals surface area contributed by atoms with Gasteiger partial charge < -0.3 is 21.5 Å². The number of nitrogens with two attached hydrogens (primary N) is 2. The van der Waals surface area contributed by atoms with Gasteiger partial charge in [-0.25, -0.2) is 0 Å². The van der Waals surface area contributed by atoms with Crippen molar-refractivity contribution in [2.75, 3.05) is 43.7 Å². The van der Waals surface area contributed by atoms with Gasteiger partial charge in [0.05, 0.1) is 12.4 Å². The first-order valence-electron chi connectivity index (χ1n) is 9.06. The molecule has 0 saturated carbocycles. The van der Waals surface area contributed by atoms with Gasteiger partial charge in [0.25, 0.3) is 0 Å². The van der Waals surface area contributed by atoms with Crippen molar-refractivity contribution in [3.8, 4) is 0 Å². The Balaban J connectivity index is -0.000000703. The van der Waals surface area contributed by atoms with E-state index in [9.17, 15) is 9.59 Å². The van der Waals surface area contributed by atoms with Crippen LogP contribution in [0.4, 0.5) is 0 Å². The topological polar surface area (TPSA) is 107 Å². The molecule has 0 bridgehead atoms. The number of esters is 1. The zero-order valence-corrected chi connectivity index (χ0v) is 19.9. The number of hydrogen-bond donors (Lipinski definition) is 4. The Bertz CT molecular complexity index is 371. The highest BCUT2D eigenvalue weighted by atomic mass is 32.2. The lowest BCUT2D eigenvalue weighted by atomic mass is 10.3. The van der Waals surface area contributed by atoms with Crippen molar-refractivity contribution >= 4 is 48.0 Å². The molecule has 27 heavy (non-hydrogen) atoms. The van der Waals surface area contributed by atoms with Crippen molar-refractivity contribution in [2.45, 2.75) is 44.9 Å². The van der Waals surface area contributed by atoms with Crippen molar-refractivity contribution < 1.29 is 14.3 Å². The molecule has 0 spiro atoms. The third kappa shape index (κ3) is 25.7. The third-order valence-electron chi connectivity index (χ3n) is 2.63. The Labute approximate surface area is 179 Å². The Kier molecular flexibility index (Phi) is 29.8. The van der Waals surface area contributed by atoms with Crippen LogP contribution in [0.5, 0.6) is 0 Å². The summed E-state index contributed by atoms with van der Waals surface area (Å²) in [4.78, 5) is 22.7. The molecule has 0 fully saturated rings. The number of rotatable bonds is 11. The number of allylic oxidation sites excluding steroid dienone is 1. The summed E-state index contributed by atoms with van der Waals surface area (Å²) in [5.41, 5.74) is 11.2. The second-order valence-corrected chi connectivity index (χ2v) is 8.07. The standard InChI is InChI=1S/C12H23N3O3S2.C3H8S.C3H8/c1-18-11(16)7-15-12(17)10(6-13)20-5-3-2-4-9(14)8-19;1-3-4-2;1-3-2/h2,4,9-10,19H,3,5-8,13-14H2,1H3,(H,15,17);3H2,1-2H3;3H2,1-2H3/b4-2+;;. The summed E-state index contributed by atoms with van der Waals surface area (Å²) >= 11 is 7.38. The number of carbonyl (C=O) groups is 2. The normalized spacial score (nSPS) is 12.1. The fraction of sp³-hybridized carbons (Fsp3) is 0.778. The van der Waals surface area contributed by atoms with E-state index in [0.29, 0.717) is 5.75 Å². The summed E-state index contributed by atoms with van der Waals surface area (Å²) < 4.78 is 4.44. The van der Waals surface area contributed by atoms with Crippen molar-refractivity contribution in [3.05, 3.63) is 12.2 Å². The molecule has 0 rings (SSSR count). The maximum Gasteiger partial charge on any atom is 0.325 e. The van der Waals surface area contributed by atoms with E-state index < -0.39 is 5.97 Å². The number of ether oxygens (including phenoxy) is 1. The predicted octanol–water partition coefficient (Wildman–Crippen LogP) is 2.33. The minimum absolute atomic E-state index is 0.0445. The average molecular weight is 442 g/mol. The molecule has 0 radical (unpaired) electrons. The molecule has 0 heterocycles. The second kappa shape index (κ2) is 25.6. The van der Waals surface area contributed by atoms with Gasteiger partial charge >= 0.3 is 5.97 Å². The summed E-state index contributed by atoms with van der Waals surface area (Å²) in [7, 11) is 1.27. The van der Waals surface area contributed by atoms with Crippen molar-refractivity contribution in [1.29, 1.82) is 0 Å². The van der Waals surface area contributed by atoms with Crippen LogP contribution < -0.4 is 16.8 Å². The van der Waals surface area contributed by atoms with Crippen molar-refractivity contribution in [2.24, 2.45) is 11.5 Å². The van der Waals surface area contributed by atoms with E-state index in [1.807, 2.05) is 23.9 Å². The lowest BCUT2D eigenvalue weighted by molar-refractivity contribution is -0.141. The van der Waals surface area contributed by atoms with Gasteiger partial charge in [-0.15, -0.1) is 11.8 Å². The molecule has 0 aliphatic rings. The minimum atomic E-state index is -0.484. The number of carbonyl (C=O) groups excluding carboxylic acids is 2. The SMILES string of the molecule is CCC.CCSC.COC(=O)CNC(=O)C(CN)SCC/C=C/C(N)CS. The minimum Gasteiger partial charge on any atom is -0.468 e. The van der Waals surface area contributed by atoms with Gasteiger partial charge in [0.15, 0.2) is 0 Å². The molecule has 1 amide bonds. The smallest absolute Gasteiger partial charge is 0.325 e. The van der Waals surface area contributed by atoms with E-state index in [1.54, 1.807) is 0 Å². The molecule has 0 aromatic carbocycles. The zero-order chi connectivity index (χ0) is 21.5. The van der Waals surface area contributed by atoms with Crippen LogP contribution in [0.15, 0.2) is 12.2 Å². The molecule has 162 valence electrons. The lowest BCUT2D eigenvalue weighted by Gasteiger charge is -2.13.